The van der Waals surface area contributed by atoms with Crippen LogP contribution >= 0.6 is 0 Å². The number of carbonyl (C=O) groups is 2. The van der Waals surface area contributed by atoms with Gasteiger partial charge in [-0.15, -0.1) is 0 Å². The van der Waals surface area contributed by atoms with Crippen molar-refractivity contribution < 1.29 is 9.59 Å². The second kappa shape index (κ2) is 15.7. The minimum atomic E-state index is -0.253. The van der Waals surface area contributed by atoms with Crippen molar-refractivity contribution in [3.63, 3.8) is 0 Å². The second-order valence-electron chi connectivity index (χ2n) is 8.35. The van der Waals surface area contributed by atoms with Gasteiger partial charge in [-0.25, -0.2) is 5.43 Å². The molecule has 2 aromatic carbocycles. The fourth-order valence-electron chi connectivity index (χ4n) is 4.10. The van der Waals surface area contributed by atoms with Crippen LogP contribution in [0.4, 0.5) is 5.69 Å². The highest BCUT2D eigenvalue weighted by atomic mass is 16.2. The van der Waals surface area contributed by atoms with E-state index in [2.05, 4.69) is 65.5 Å². The standard InChI is InChI=1S/C28H41N5O2/c1-5-32(6-2)25-19-17-23(18-20-25)22-30-31-28(35)26(33(7-3)8-4)16-12-13-21-29-27(34)24-14-10-9-11-15-24/h9-11,14-15,17-20,22,26H,5-8,12-13,16,21H2,1-4H3,(H,29,34)(H,31,35). The SMILES string of the molecule is CCN(CC)c1ccc(C=NNC(=O)C(CCCCNC(=O)c2ccccc2)N(CC)CC)cc1. The van der Waals surface area contributed by atoms with E-state index in [1.54, 1.807) is 18.3 Å². The monoisotopic (exact) mass is 479 g/mol. The summed E-state index contributed by atoms with van der Waals surface area (Å²) in [5.41, 5.74) is 5.51. The van der Waals surface area contributed by atoms with Crippen molar-refractivity contribution in [1.82, 2.24) is 15.6 Å². The molecule has 2 aromatic rings. The minimum absolute atomic E-state index is 0.0666. The number of anilines is 1. The number of hydrogen-bond donors (Lipinski definition) is 2. The van der Waals surface area contributed by atoms with Gasteiger partial charge in [0.2, 0.25) is 0 Å². The summed E-state index contributed by atoms with van der Waals surface area (Å²) in [7, 11) is 0. The van der Waals surface area contributed by atoms with Gasteiger partial charge in [0.15, 0.2) is 0 Å². The Kier molecular flexibility index (Phi) is 12.6. The Labute approximate surface area is 210 Å². The number of nitrogens with zero attached hydrogens (tertiary/aromatic N) is 3. The Morgan fingerprint density at radius 1 is 0.886 bits per heavy atom. The van der Waals surface area contributed by atoms with Crippen molar-refractivity contribution in [2.45, 2.75) is 53.0 Å². The molecule has 0 aliphatic carbocycles. The molecule has 0 spiro atoms. The smallest absolute Gasteiger partial charge is 0.257 e. The molecule has 0 bridgehead atoms. The van der Waals surface area contributed by atoms with Gasteiger partial charge in [-0.1, -0.05) is 44.2 Å². The first-order chi connectivity index (χ1) is 17.0. The number of benzene rings is 2. The third-order valence-corrected chi connectivity index (χ3v) is 6.19. The molecule has 2 amide bonds. The first-order valence-electron chi connectivity index (χ1n) is 12.8. The van der Waals surface area contributed by atoms with E-state index in [0.29, 0.717) is 18.5 Å². The van der Waals surface area contributed by atoms with Crippen LogP contribution in [0.1, 0.15) is 62.9 Å². The molecule has 1 atom stereocenters. The van der Waals surface area contributed by atoms with Gasteiger partial charge in [-0.3, -0.25) is 14.5 Å². The van der Waals surface area contributed by atoms with E-state index in [1.807, 2.05) is 30.3 Å². The van der Waals surface area contributed by atoms with Crippen LogP contribution in [0.3, 0.4) is 0 Å². The number of hydrazone groups is 1. The maximum atomic E-state index is 12.9. The lowest BCUT2D eigenvalue weighted by Gasteiger charge is -2.28. The first-order valence-corrected chi connectivity index (χ1v) is 12.8. The van der Waals surface area contributed by atoms with E-state index >= 15 is 0 Å². The molecular weight excluding hydrogens is 438 g/mol. The van der Waals surface area contributed by atoms with Gasteiger partial charge in [-0.2, -0.15) is 5.10 Å². The molecule has 1 unspecified atom stereocenters. The van der Waals surface area contributed by atoms with Gasteiger partial charge in [0.1, 0.15) is 0 Å². The summed E-state index contributed by atoms with van der Waals surface area (Å²) in [6, 6.07) is 17.1. The number of carbonyl (C=O) groups excluding carboxylic acids is 2. The Morgan fingerprint density at radius 3 is 2.14 bits per heavy atom. The number of likely N-dealkylation sites (N-methyl/N-ethyl adjacent to an activating group) is 1. The van der Waals surface area contributed by atoms with Crippen LogP contribution in [0, 0.1) is 0 Å². The lowest BCUT2D eigenvalue weighted by atomic mass is 10.1. The van der Waals surface area contributed by atoms with Gasteiger partial charge in [0, 0.05) is 30.9 Å². The number of amides is 2. The third kappa shape index (κ3) is 9.17. The summed E-state index contributed by atoms with van der Waals surface area (Å²) in [4.78, 5) is 29.5. The fourth-order valence-corrected chi connectivity index (χ4v) is 4.10. The maximum Gasteiger partial charge on any atom is 0.257 e. The second-order valence-corrected chi connectivity index (χ2v) is 8.35. The predicted octanol–water partition coefficient (Wildman–Crippen LogP) is 4.29. The molecule has 0 aromatic heterocycles. The van der Waals surface area contributed by atoms with Crippen LogP contribution in [0.5, 0.6) is 0 Å². The van der Waals surface area contributed by atoms with Crippen LogP contribution in [0.15, 0.2) is 59.7 Å². The average Bonchev–Trinajstić information content (AvgIpc) is 2.89. The zero-order valence-corrected chi connectivity index (χ0v) is 21.7. The fraction of sp³-hybridized carbons (Fsp3) is 0.464. The molecule has 0 aliphatic heterocycles. The van der Waals surface area contributed by atoms with Crippen molar-refractivity contribution in [3.8, 4) is 0 Å². The van der Waals surface area contributed by atoms with Crippen LogP contribution < -0.4 is 15.6 Å². The Balaban J connectivity index is 1.84. The summed E-state index contributed by atoms with van der Waals surface area (Å²) < 4.78 is 0. The zero-order chi connectivity index (χ0) is 25.5. The highest BCUT2D eigenvalue weighted by Crippen LogP contribution is 2.14. The zero-order valence-electron chi connectivity index (χ0n) is 21.7. The van der Waals surface area contributed by atoms with Gasteiger partial charge in [0.25, 0.3) is 11.8 Å². The number of nitrogens with one attached hydrogen (secondary N) is 2. The average molecular weight is 480 g/mol. The molecule has 0 radical (unpaired) electrons. The summed E-state index contributed by atoms with van der Waals surface area (Å²) in [5, 5.41) is 7.16. The van der Waals surface area contributed by atoms with Crippen LogP contribution in [-0.2, 0) is 4.79 Å². The van der Waals surface area contributed by atoms with E-state index in [9.17, 15) is 9.59 Å². The van der Waals surface area contributed by atoms with Crippen molar-refractivity contribution >= 4 is 23.7 Å². The van der Waals surface area contributed by atoms with Crippen LogP contribution in [0.25, 0.3) is 0 Å². The highest BCUT2D eigenvalue weighted by molar-refractivity contribution is 5.94. The third-order valence-electron chi connectivity index (χ3n) is 6.19. The molecule has 0 aliphatic rings. The van der Waals surface area contributed by atoms with Crippen LogP contribution in [0.2, 0.25) is 0 Å². The topological polar surface area (TPSA) is 77.0 Å². The first kappa shape index (κ1) is 28.1. The number of rotatable bonds is 15. The molecule has 7 heteroatoms. The molecule has 2 rings (SSSR count). The van der Waals surface area contributed by atoms with Crippen LogP contribution in [-0.4, -0.2) is 61.7 Å². The van der Waals surface area contributed by atoms with E-state index in [-0.39, 0.29) is 17.9 Å². The van der Waals surface area contributed by atoms with Crippen molar-refractivity contribution in [2.75, 3.05) is 37.6 Å². The lowest BCUT2D eigenvalue weighted by molar-refractivity contribution is -0.126. The van der Waals surface area contributed by atoms with Gasteiger partial charge in [-0.05, 0) is 76.0 Å². The normalized spacial score (nSPS) is 12.0. The molecular formula is C28H41N5O2. The molecule has 2 N–H and O–H groups in total. The van der Waals surface area contributed by atoms with E-state index in [1.165, 1.54) is 5.69 Å². The molecule has 7 nitrogen and oxygen atoms in total. The highest BCUT2D eigenvalue weighted by Gasteiger charge is 2.23. The Morgan fingerprint density at radius 2 is 1.54 bits per heavy atom. The maximum absolute atomic E-state index is 12.9. The van der Waals surface area contributed by atoms with Crippen molar-refractivity contribution in [1.29, 1.82) is 0 Å². The van der Waals surface area contributed by atoms with Gasteiger partial charge < -0.3 is 10.2 Å². The lowest BCUT2D eigenvalue weighted by Crippen LogP contribution is -2.45. The molecule has 0 saturated heterocycles. The number of unbranched alkanes of at least 4 members (excludes halogenated alkanes) is 1. The summed E-state index contributed by atoms with van der Waals surface area (Å²) in [6.45, 7) is 12.5. The number of hydrogen-bond acceptors (Lipinski definition) is 5. The molecule has 0 heterocycles. The summed E-state index contributed by atoms with van der Waals surface area (Å²) >= 11 is 0. The quantitative estimate of drug-likeness (QED) is 0.227. The minimum Gasteiger partial charge on any atom is -0.372 e. The molecule has 190 valence electrons. The largest absolute Gasteiger partial charge is 0.372 e. The summed E-state index contributed by atoms with van der Waals surface area (Å²) in [5.74, 6) is -0.166. The Bertz CT molecular complexity index is 907. The van der Waals surface area contributed by atoms with Crippen molar-refractivity contribution in [3.05, 3.63) is 65.7 Å². The van der Waals surface area contributed by atoms with E-state index in [0.717, 1.165) is 44.6 Å². The van der Waals surface area contributed by atoms with E-state index < -0.39 is 0 Å². The van der Waals surface area contributed by atoms with Gasteiger partial charge >= 0.3 is 0 Å². The Hall–Kier alpha value is -3.19. The van der Waals surface area contributed by atoms with Gasteiger partial charge in [0.05, 0.1) is 12.3 Å². The molecule has 0 saturated carbocycles. The predicted molar refractivity (Wildman–Crippen MR) is 145 cm³/mol. The van der Waals surface area contributed by atoms with Crippen molar-refractivity contribution in [2.24, 2.45) is 5.10 Å². The molecule has 35 heavy (non-hydrogen) atoms. The van der Waals surface area contributed by atoms with E-state index in [4.69, 9.17) is 0 Å². The molecule has 0 fully saturated rings. The summed E-state index contributed by atoms with van der Waals surface area (Å²) in [6.07, 6.45) is 4.04.